The van der Waals surface area contributed by atoms with Gasteiger partial charge in [0.1, 0.15) is 0 Å². The summed E-state index contributed by atoms with van der Waals surface area (Å²) in [6.07, 6.45) is 0.690. The van der Waals surface area contributed by atoms with Gasteiger partial charge in [-0.1, -0.05) is 24.3 Å². The average molecular weight is 369 g/mol. The van der Waals surface area contributed by atoms with Crippen LogP contribution in [0, 0.1) is 0 Å². The highest BCUT2D eigenvalue weighted by atomic mass is 32.1. The van der Waals surface area contributed by atoms with Gasteiger partial charge in [0, 0.05) is 24.0 Å². The number of carbonyl (C=O) groups is 1. The molecule has 6 nitrogen and oxygen atoms in total. The number of rotatable bonds is 5. The molecular formula is C17H15N5OS2. The maximum Gasteiger partial charge on any atom is 0.319 e. The Balaban J connectivity index is 1.37. The molecule has 0 bridgehead atoms. The molecule has 8 heteroatoms. The third-order valence-electron chi connectivity index (χ3n) is 3.59. The van der Waals surface area contributed by atoms with Crippen molar-refractivity contribution in [2.75, 3.05) is 11.9 Å². The van der Waals surface area contributed by atoms with Crippen LogP contribution in [-0.2, 0) is 6.42 Å². The van der Waals surface area contributed by atoms with Crippen LogP contribution in [0.3, 0.4) is 0 Å². The van der Waals surface area contributed by atoms with E-state index in [0.717, 1.165) is 27.0 Å². The Kier molecular flexibility index (Phi) is 4.45. The van der Waals surface area contributed by atoms with Gasteiger partial charge in [-0.15, -0.1) is 27.8 Å². The van der Waals surface area contributed by atoms with E-state index in [4.69, 9.17) is 0 Å². The number of anilines is 1. The Labute approximate surface area is 152 Å². The topological polar surface area (TPSA) is 71.3 Å². The summed E-state index contributed by atoms with van der Waals surface area (Å²) in [6, 6.07) is 13.2. The number of fused-ring (bicyclic) bond motifs is 1. The van der Waals surface area contributed by atoms with Crippen molar-refractivity contribution in [1.29, 1.82) is 0 Å². The van der Waals surface area contributed by atoms with Crippen molar-refractivity contribution in [3.05, 3.63) is 58.9 Å². The van der Waals surface area contributed by atoms with Crippen molar-refractivity contribution in [2.24, 2.45) is 0 Å². The van der Waals surface area contributed by atoms with E-state index in [9.17, 15) is 4.79 Å². The average Bonchev–Trinajstić information content (AvgIpc) is 3.33. The van der Waals surface area contributed by atoms with Crippen LogP contribution in [0.1, 0.15) is 5.69 Å². The van der Waals surface area contributed by atoms with Crippen molar-refractivity contribution in [1.82, 2.24) is 19.9 Å². The van der Waals surface area contributed by atoms with E-state index >= 15 is 0 Å². The Morgan fingerprint density at radius 3 is 2.80 bits per heavy atom. The number of amides is 2. The summed E-state index contributed by atoms with van der Waals surface area (Å²) in [5.41, 5.74) is 1.81. The van der Waals surface area contributed by atoms with Crippen LogP contribution in [0.25, 0.3) is 15.7 Å². The lowest BCUT2D eigenvalue weighted by atomic mass is 10.3. The van der Waals surface area contributed by atoms with Gasteiger partial charge in [0.05, 0.1) is 10.6 Å². The minimum absolute atomic E-state index is 0.212. The largest absolute Gasteiger partial charge is 0.337 e. The Morgan fingerprint density at radius 2 is 2.00 bits per heavy atom. The number of urea groups is 1. The van der Waals surface area contributed by atoms with Gasteiger partial charge in [-0.25, -0.2) is 9.31 Å². The van der Waals surface area contributed by atoms with Gasteiger partial charge < -0.3 is 10.6 Å². The van der Waals surface area contributed by atoms with Gasteiger partial charge in [0.25, 0.3) is 0 Å². The first-order valence-corrected chi connectivity index (χ1v) is 9.52. The maximum atomic E-state index is 11.9. The summed E-state index contributed by atoms with van der Waals surface area (Å²) in [4.78, 5) is 18.4. The van der Waals surface area contributed by atoms with Crippen LogP contribution in [0.2, 0.25) is 0 Å². The second-order valence-corrected chi connectivity index (χ2v) is 7.12. The smallest absolute Gasteiger partial charge is 0.319 e. The van der Waals surface area contributed by atoms with Gasteiger partial charge in [-0.3, -0.25) is 0 Å². The molecule has 0 unspecified atom stereocenters. The van der Waals surface area contributed by atoms with Crippen molar-refractivity contribution < 1.29 is 4.79 Å². The zero-order valence-corrected chi connectivity index (χ0v) is 14.8. The van der Waals surface area contributed by atoms with Crippen LogP contribution in [0.15, 0.2) is 53.2 Å². The standard InChI is InChI=1S/C17H15N5OS2/c23-16(19-12-5-2-1-3-6-12)18-9-8-13-11-25-17-20-15(21-22(13)17)14-7-4-10-24-14/h1-7,10-11H,8-9H2,(H2,18,19,23). The lowest BCUT2D eigenvalue weighted by Gasteiger charge is -2.06. The summed E-state index contributed by atoms with van der Waals surface area (Å²) < 4.78 is 1.86. The fourth-order valence-electron chi connectivity index (χ4n) is 2.41. The third-order valence-corrected chi connectivity index (χ3v) is 5.32. The quantitative estimate of drug-likeness (QED) is 0.561. The van der Waals surface area contributed by atoms with Gasteiger partial charge >= 0.3 is 6.03 Å². The predicted octanol–water partition coefficient (Wildman–Crippen LogP) is 3.88. The molecule has 2 N–H and O–H groups in total. The van der Waals surface area contributed by atoms with E-state index in [2.05, 4.69) is 20.7 Å². The number of benzene rings is 1. The van der Waals surface area contributed by atoms with E-state index in [1.165, 1.54) is 0 Å². The third kappa shape index (κ3) is 3.54. The van der Waals surface area contributed by atoms with Crippen molar-refractivity contribution in [3.8, 4) is 10.7 Å². The Morgan fingerprint density at radius 1 is 1.12 bits per heavy atom. The first-order valence-electron chi connectivity index (χ1n) is 7.76. The molecule has 0 spiro atoms. The summed E-state index contributed by atoms with van der Waals surface area (Å²) >= 11 is 3.18. The highest BCUT2D eigenvalue weighted by molar-refractivity contribution is 7.15. The van der Waals surface area contributed by atoms with Gasteiger partial charge in [-0.05, 0) is 23.6 Å². The number of para-hydroxylation sites is 1. The number of hydrogen-bond donors (Lipinski definition) is 2. The minimum atomic E-state index is -0.212. The lowest BCUT2D eigenvalue weighted by Crippen LogP contribution is -2.30. The van der Waals surface area contributed by atoms with Crippen LogP contribution in [-0.4, -0.2) is 27.2 Å². The molecule has 0 radical (unpaired) electrons. The van der Waals surface area contributed by atoms with Gasteiger partial charge in [0.2, 0.25) is 4.96 Å². The molecule has 126 valence electrons. The second kappa shape index (κ2) is 7.04. The van der Waals surface area contributed by atoms with E-state index < -0.39 is 0 Å². The summed E-state index contributed by atoms with van der Waals surface area (Å²) in [5, 5.41) is 14.3. The van der Waals surface area contributed by atoms with Crippen molar-refractivity contribution in [2.45, 2.75) is 6.42 Å². The minimum Gasteiger partial charge on any atom is -0.337 e. The molecule has 2 amide bonds. The molecule has 0 aliphatic carbocycles. The number of carbonyl (C=O) groups excluding carboxylic acids is 1. The first-order chi connectivity index (χ1) is 12.3. The number of nitrogens with one attached hydrogen (secondary N) is 2. The number of thiazole rings is 1. The molecular weight excluding hydrogens is 354 g/mol. The predicted molar refractivity (Wildman–Crippen MR) is 101 cm³/mol. The fraction of sp³-hybridized carbons (Fsp3) is 0.118. The number of nitrogens with zero attached hydrogens (tertiary/aromatic N) is 3. The zero-order chi connectivity index (χ0) is 17.1. The van der Waals surface area contributed by atoms with E-state index in [0.29, 0.717) is 13.0 Å². The van der Waals surface area contributed by atoms with Crippen molar-refractivity contribution in [3.63, 3.8) is 0 Å². The molecule has 0 saturated carbocycles. The van der Waals surface area contributed by atoms with E-state index in [1.54, 1.807) is 22.7 Å². The number of thiophene rings is 1. The summed E-state index contributed by atoms with van der Waals surface area (Å²) in [7, 11) is 0. The van der Waals surface area contributed by atoms with Crippen LogP contribution >= 0.6 is 22.7 Å². The molecule has 1 aromatic carbocycles. The molecule has 25 heavy (non-hydrogen) atoms. The van der Waals surface area contributed by atoms with Crippen molar-refractivity contribution >= 4 is 39.4 Å². The molecule has 3 aromatic heterocycles. The normalized spacial score (nSPS) is 10.9. The van der Waals surface area contributed by atoms with E-state index in [1.807, 2.05) is 57.7 Å². The Hall–Kier alpha value is -2.71. The second-order valence-electron chi connectivity index (χ2n) is 5.33. The molecule has 0 aliphatic rings. The number of hydrogen-bond acceptors (Lipinski definition) is 5. The van der Waals surface area contributed by atoms with Gasteiger partial charge in [0.15, 0.2) is 5.82 Å². The highest BCUT2D eigenvalue weighted by Gasteiger charge is 2.12. The zero-order valence-electron chi connectivity index (χ0n) is 13.2. The monoisotopic (exact) mass is 369 g/mol. The molecule has 0 saturated heterocycles. The molecule has 3 heterocycles. The maximum absolute atomic E-state index is 11.9. The summed E-state index contributed by atoms with van der Waals surface area (Å²) in [6.45, 7) is 0.526. The lowest BCUT2D eigenvalue weighted by molar-refractivity contribution is 0.252. The fourth-order valence-corrected chi connectivity index (χ4v) is 3.92. The first kappa shape index (κ1) is 15.8. The van der Waals surface area contributed by atoms with E-state index in [-0.39, 0.29) is 6.03 Å². The van der Waals surface area contributed by atoms with Crippen LogP contribution < -0.4 is 10.6 Å². The molecule has 0 aliphatic heterocycles. The highest BCUT2D eigenvalue weighted by Crippen LogP contribution is 2.24. The van der Waals surface area contributed by atoms with Crippen LogP contribution in [0.4, 0.5) is 10.5 Å². The number of aromatic nitrogens is 3. The molecule has 0 fully saturated rings. The Bertz CT molecular complexity index is 975. The summed E-state index contributed by atoms with van der Waals surface area (Å²) in [5.74, 6) is 0.748. The molecule has 4 rings (SSSR count). The van der Waals surface area contributed by atoms with Crippen LogP contribution in [0.5, 0.6) is 0 Å². The van der Waals surface area contributed by atoms with Gasteiger partial charge in [-0.2, -0.15) is 4.98 Å². The SMILES string of the molecule is O=C(NCCc1csc2nc(-c3cccs3)nn12)Nc1ccccc1. The molecule has 0 atom stereocenters. The molecule has 4 aromatic rings.